The van der Waals surface area contributed by atoms with Gasteiger partial charge in [-0.3, -0.25) is 4.99 Å². The number of hydrogen-bond acceptors (Lipinski definition) is 2. The van der Waals surface area contributed by atoms with Gasteiger partial charge < -0.3 is 8.98 Å². The molecule has 0 bridgehead atoms. The smallest absolute Gasteiger partial charge is 0.161 e. The van der Waals surface area contributed by atoms with Crippen molar-refractivity contribution in [3.63, 3.8) is 0 Å². The van der Waals surface area contributed by atoms with Crippen LogP contribution in [0.2, 0.25) is 0 Å². The van der Waals surface area contributed by atoms with Crippen molar-refractivity contribution in [1.29, 1.82) is 0 Å². The normalized spacial score (nSPS) is 12.5. The fourth-order valence-electron chi connectivity index (χ4n) is 6.93. The Balaban J connectivity index is 1.22. The molecule has 232 valence electrons. The zero-order valence-electron chi connectivity index (χ0n) is 26.6. The number of aliphatic imine (C=N–C) groups is 3. The molecule has 0 spiro atoms. The van der Waals surface area contributed by atoms with E-state index in [1.165, 1.54) is 21.5 Å². The lowest BCUT2D eigenvalue weighted by atomic mass is 10.1. The highest BCUT2D eigenvalue weighted by Crippen LogP contribution is 2.40. The average molecular weight is 631 g/mol. The molecule has 0 saturated heterocycles. The van der Waals surface area contributed by atoms with Gasteiger partial charge in [-0.25, -0.2) is 9.98 Å². The van der Waals surface area contributed by atoms with Crippen molar-refractivity contribution >= 4 is 72.9 Å². The van der Waals surface area contributed by atoms with E-state index in [1.807, 2.05) is 60.7 Å². The first-order chi connectivity index (χ1) is 24.3. The van der Waals surface area contributed by atoms with Crippen molar-refractivity contribution in [3.05, 3.63) is 174 Å². The van der Waals surface area contributed by atoms with Crippen LogP contribution in [0, 0.1) is 0 Å². The second-order valence-corrected chi connectivity index (χ2v) is 12.1. The van der Waals surface area contributed by atoms with Crippen LogP contribution in [0.3, 0.4) is 0 Å². The summed E-state index contributed by atoms with van der Waals surface area (Å²) in [6.07, 6.45) is 0. The summed E-state index contributed by atoms with van der Waals surface area (Å²) in [6.45, 7) is 4.17. The summed E-state index contributed by atoms with van der Waals surface area (Å²) in [5, 5.41) is 7.01. The molecular formula is C44H30N4O. The number of nitrogens with zero attached hydrogens (tertiary/aromatic N) is 4. The molecular weight excluding hydrogens is 601 g/mol. The number of benzene rings is 7. The largest absolute Gasteiger partial charge is 0.456 e. The number of hydrogen-bond donors (Lipinski definition) is 0. The Morgan fingerprint density at radius 1 is 0.571 bits per heavy atom. The molecule has 49 heavy (non-hydrogen) atoms. The van der Waals surface area contributed by atoms with E-state index in [-0.39, 0.29) is 0 Å². The summed E-state index contributed by atoms with van der Waals surface area (Å²) >= 11 is 0. The molecule has 0 aliphatic rings. The Morgan fingerprint density at radius 3 is 2.00 bits per heavy atom. The minimum absolute atomic E-state index is 0.376. The molecule has 0 saturated carbocycles. The summed E-state index contributed by atoms with van der Waals surface area (Å²) in [4.78, 5) is 14.2. The number of furan rings is 1. The Morgan fingerprint density at radius 2 is 1.22 bits per heavy atom. The molecule has 9 aromatic rings. The predicted molar refractivity (Wildman–Crippen MR) is 205 cm³/mol. The van der Waals surface area contributed by atoms with Crippen molar-refractivity contribution in [2.45, 2.75) is 6.54 Å². The van der Waals surface area contributed by atoms with Crippen LogP contribution in [0.1, 0.15) is 16.7 Å². The average Bonchev–Trinajstić information content (AvgIpc) is 3.71. The molecule has 0 atom stereocenters. The number of aromatic nitrogens is 1. The molecule has 0 amide bonds. The molecule has 0 fully saturated rings. The van der Waals surface area contributed by atoms with Gasteiger partial charge in [-0.05, 0) is 47.8 Å². The maximum Gasteiger partial charge on any atom is 0.161 e. The van der Waals surface area contributed by atoms with E-state index in [1.54, 1.807) is 0 Å². The third-order valence-corrected chi connectivity index (χ3v) is 9.19. The fraction of sp³-hybridized carbons (Fsp3) is 0.0227. The van der Waals surface area contributed by atoms with E-state index < -0.39 is 0 Å². The lowest BCUT2D eigenvalue weighted by Crippen LogP contribution is -2.05. The Kier molecular flexibility index (Phi) is 6.95. The minimum atomic E-state index is 0.376. The Labute approximate surface area is 282 Å². The Hall–Kier alpha value is -6.59. The zero-order valence-corrected chi connectivity index (χ0v) is 26.6. The van der Waals surface area contributed by atoms with Crippen LogP contribution in [-0.2, 0) is 6.54 Å². The molecule has 9 rings (SSSR count). The Bertz CT molecular complexity index is 2750. The highest BCUT2D eigenvalue weighted by Gasteiger charge is 2.19. The summed E-state index contributed by atoms with van der Waals surface area (Å²) in [6, 6.07) is 54.3. The number of amidine groups is 2. The van der Waals surface area contributed by atoms with E-state index in [2.05, 4.69) is 113 Å². The van der Waals surface area contributed by atoms with E-state index in [0.29, 0.717) is 18.2 Å². The monoisotopic (exact) mass is 630 g/mol. The van der Waals surface area contributed by atoms with Crippen molar-refractivity contribution < 1.29 is 4.42 Å². The van der Waals surface area contributed by atoms with Gasteiger partial charge in [-0.2, -0.15) is 0 Å². The number of rotatable bonds is 5. The maximum atomic E-state index is 6.68. The molecule has 7 aromatic carbocycles. The van der Waals surface area contributed by atoms with Crippen LogP contribution < -0.4 is 0 Å². The lowest BCUT2D eigenvalue weighted by molar-refractivity contribution is 0.662. The van der Waals surface area contributed by atoms with Crippen LogP contribution in [0.4, 0.5) is 0 Å². The topological polar surface area (TPSA) is 55.1 Å². The molecule has 0 radical (unpaired) electrons. The highest BCUT2D eigenvalue weighted by molar-refractivity contribution is 6.17. The van der Waals surface area contributed by atoms with Gasteiger partial charge in [-0.15, -0.1) is 0 Å². The predicted octanol–water partition coefficient (Wildman–Crippen LogP) is 10.9. The third-order valence-electron chi connectivity index (χ3n) is 9.19. The minimum Gasteiger partial charge on any atom is -0.456 e. The molecule has 0 unspecified atom stereocenters. The van der Waals surface area contributed by atoms with Gasteiger partial charge in [0.15, 0.2) is 11.7 Å². The second-order valence-electron chi connectivity index (χ2n) is 12.1. The van der Waals surface area contributed by atoms with Crippen LogP contribution >= 0.6 is 0 Å². The van der Waals surface area contributed by atoms with Crippen molar-refractivity contribution in [2.24, 2.45) is 15.0 Å². The summed E-state index contributed by atoms with van der Waals surface area (Å²) in [5.41, 5.74) is 7.81. The number of para-hydroxylation sites is 2. The summed E-state index contributed by atoms with van der Waals surface area (Å²) in [7, 11) is 0. The van der Waals surface area contributed by atoms with Crippen molar-refractivity contribution in [1.82, 2.24) is 4.57 Å². The van der Waals surface area contributed by atoms with Crippen LogP contribution in [-0.4, -0.2) is 23.0 Å². The molecule has 5 nitrogen and oxygen atoms in total. The second kappa shape index (κ2) is 11.9. The van der Waals surface area contributed by atoms with E-state index in [9.17, 15) is 0 Å². The molecule has 5 heteroatoms. The van der Waals surface area contributed by atoms with Crippen molar-refractivity contribution in [2.75, 3.05) is 0 Å². The van der Waals surface area contributed by atoms with Gasteiger partial charge in [0.1, 0.15) is 11.2 Å². The highest BCUT2D eigenvalue weighted by atomic mass is 16.3. The van der Waals surface area contributed by atoms with Gasteiger partial charge in [0.05, 0.1) is 28.7 Å². The van der Waals surface area contributed by atoms with E-state index >= 15 is 0 Å². The van der Waals surface area contributed by atoms with Crippen molar-refractivity contribution in [3.8, 4) is 5.69 Å². The molecule has 2 aromatic heterocycles. The van der Waals surface area contributed by atoms with E-state index in [4.69, 9.17) is 14.4 Å². The van der Waals surface area contributed by atoms with Gasteiger partial charge >= 0.3 is 0 Å². The van der Waals surface area contributed by atoms with Crippen LogP contribution in [0.25, 0.3) is 60.2 Å². The first-order valence-corrected chi connectivity index (χ1v) is 16.3. The van der Waals surface area contributed by atoms with Gasteiger partial charge in [-0.1, -0.05) is 127 Å². The molecule has 0 N–H and O–H groups in total. The zero-order chi connectivity index (χ0) is 32.7. The number of fused-ring (bicyclic) bond motifs is 7. The standard InChI is InChI=1S/C44H30N4O/c1-45-43(29-14-4-2-5-15-29)47-44(30-16-6-3-7-17-30)46-28-33-20-12-22-35-41-38(24-13-25-40(41)49-42(33)35)48-37-23-11-10-21-34(37)36-26-31-18-8-9-19-32(31)27-39(36)48/h2-27H,1,28H2/b46-44-,47-43-. The third kappa shape index (κ3) is 4.91. The van der Waals surface area contributed by atoms with Crippen LogP contribution in [0.15, 0.2) is 177 Å². The first kappa shape index (κ1) is 28.6. The fourth-order valence-corrected chi connectivity index (χ4v) is 6.93. The van der Waals surface area contributed by atoms with Gasteiger partial charge in [0.2, 0.25) is 0 Å². The lowest BCUT2D eigenvalue weighted by Gasteiger charge is -2.10. The molecule has 0 aliphatic heterocycles. The quantitative estimate of drug-likeness (QED) is 0.138. The maximum absolute atomic E-state index is 6.68. The molecule has 0 aliphatic carbocycles. The van der Waals surface area contributed by atoms with Gasteiger partial charge in [0, 0.05) is 32.8 Å². The van der Waals surface area contributed by atoms with Crippen LogP contribution in [0.5, 0.6) is 0 Å². The first-order valence-electron chi connectivity index (χ1n) is 16.3. The summed E-state index contributed by atoms with van der Waals surface area (Å²) in [5.74, 6) is 1.10. The SMILES string of the molecule is C=N/C(=N\C(=N/Cc1cccc2c1oc1cccc(-n3c4ccccc4c4cc5ccccc5cc43)c12)c1ccccc1)c1ccccc1. The summed E-state index contributed by atoms with van der Waals surface area (Å²) < 4.78 is 9.06. The van der Waals surface area contributed by atoms with E-state index in [0.717, 1.165) is 55.3 Å². The molecule has 2 heterocycles. The van der Waals surface area contributed by atoms with Gasteiger partial charge in [0.25, 0.3) is 0 Å².